The van der Waals surface area contributed by atoms with Gasteiger partial charge < -0.3 is 14.8 Å². The number of aryl methyl sites for hydroxylation is 1. The summed E-state index contributed by atoms with van der Waals surface area (Å²) in [5.74, 6) is 1.70. The second kappa shape index (κ2) is 7.71. The fourth-order valence-electron chi connectivity index (χ4n) is 3.48. The third-order valence-electron chi connectivity index (χ3n) is 4.90. The predicted molar refractivity (Wildman–Crippen MR) is 111 cm³/mol. The first-order valence-corrected chi connectivity index (χ1v) is 10.6. The van der Waals surface area contributed by atoms with Gasteiger partial charge in [0.15, 0.2) is 0 Å². The van der Waals surface area contributed by atoms with E-state index in [1.165, 1.54) is 14.2 Å². The first-order chi connectivity index (χ1) is 14.0. The normalized spacial score (nSPS) is 15.1. The van der Waals surface area contributed by atoms with Gasteiger partial charge in [-0.05, 0) is 30.7 Å². The number of benzene rings is 2. The van der Waals surface area contributed by atoms with Gasteiger partial charge in [0.25, 0.3) is 5.91 Å². The van der Waals surface area contributed by atoms with E-state index in [-0.39, 0.29) is 5.91 Å². The summed E-state index contributed by atoms with van der Waals surface area (Å²) in [5, 5.41) is 7.62. The van der Waals surface area contributed by atoms with Crippen LogP contribution in [0.2, 0.25) is 0 Å². The third kappa shape index (κ3) is 3.40. The van der Waals surface area contributed by atoms with Gasteiger partial charge in [-0.15, -0.1) is 0 Å². The molecule has 7 nitrogen and oxygen atoms in total. The van der Waals surface area contributed by atoms with Crippen molar-refractivity contribution in [2.24, 2.45) is 0 Å². The molecule has 4 rings (SSSR count). The quantitative estimate of drug-likeness (QED) is 0.697. The second-order valence-electron chi connectivity index (χ2n) is 6.69. The molecule has 0 saturated heterocycles. The number of rotatable bonds is 5. The molecule has 1 atom stereocenters. The van der Waals surface area contributed by atoms with Crippen LogP contribution in [0.25, 0.3) is 5.69 Å². The smallest absolute Gasteiger partial charge is 0.264 e. The summed E-state index contributed by atoms with van der Waals surface area (Å²) in [6.07, 6.45) is 0. The standard InChI is InChI=1S/C21H21N3O4S/c1-13-7-4-5-8-16(13)24-20(14-11-29(26)12-15(14)23-24)22-21(25)19-17(27-2)9-6-10-18(19)28-3/h4-10H,11-12H2,1-3H3,(H,22,25)/t29-/m1/s1. The first-order valence-electron chi connectivity index (χ1n) is 9.07. The third-order valence-corrected chi connectivity index (χ3v) is 6.11. The number of hydrogen-bond donors (Lipinski definition) is 1. The molecule has 2 heterocycles. The van der Waals surface area contributed by atoms with Crippen molar-refractivity contribution in [3.8, 4) is 17.2 Å². The van der Waals surface area contributed by atoms with Crippen LogP contribution < -0.4 is 14.8 Å². The van der Waals surface area contributed by atoms with Gasteiger partial charge in [0.2, 0.25) is 0 Å². The molecule has 1 amide bonds. The zero-order chi connectivity index (χ0) is 20.5. The molecule has 1 aromatic heterocycles. The summed E-state index contributed by atoms with van der Waals surface area (Å²) < 4.78 is 24.5. The van der Waals surface area contributed by atoms with Crippen molar-refractivity contribution >= 4 is 22.5 Å². The van der Waals surface area contributed by atoms with Gasteiger partial charge in [0.05, 0.1) is 37.1 Å². The molecule has 0 bridgehead atoms. The van der Waals surface area contributed by atoms with Gasteiger partial charge >= 0.3 is 0 Å². The van der Waals surface area contributed by atoms with E-state index in [1.807, 2.05) is 31.2 Å². The average molecular weight is 411 g/mol. The molecule has 0 fully saturated rings. The molecule has 1 aliphatic rings. The van der Waals surface area contributed by atoms with Crippen LogP contribution in [0.15, 0.2) is 42.5 Å². The number of ether oxygens (including phenoxy) is 2. The number of carbonyl (C=O) groups is 1. The Bertz CT molecular complexity index is 1100. The van der Waals surface area contributed by atoms with Gasteiger partial charge in [-0.25, -0.2) is 4.68 Å². The summed E-state index contributed by atoms with van der Waals surface area (Å²) in [5.41, 5.74) is 3.71. The van der Waals surface area contributed by atoms with Crippen LogP contribution in [0.5, 0.6) is 11.5 Å². The monoisotopic (exact) mass is 411 g/mol. The maximum absolute atomic E-state index is 13.2. The highest BCUT2D eigenvalue weighted by molar-refractivity contribution is 7.83. The van der Waals surface area contributed by atoms with E-state index in [1.54, 1.807) is 22.9 Å². The largest absolute Gasteiger partial charge is 0.496 e. The maximum Gasteiger partial charge on any atom is 0.264 e. The number of nitrogens with one attached hydrogen (secondary N) is 1. The number of nitrogens with zero attached hydrogens (tertiary/aromatic N) is 2. The Morgan fingerprint density at radius 1 is 1.07 bits per heavy atom. The minimum absolute atomic E-state index is 0.294. The van der Waals surface area contributed by atoms with Gasteiger partial charge in [-0.3, -0.25) is 9.00 Å². The number of aromatic nitrogens is 2. The number of fused-ring (bicyclic) bond motifs is 1. The Morgan fingerprint density at radius 2 is 1.76 bits per heavy atom. The SMILES string of the molecule is COc1cccc(OC)c1C(=O)Nc1c2c(nn1-c1ccccc1C)C[S@](=O)C2. The lowest BCUT2D eigenvalue weighted by Crippen LogP contribution is -2.18. The first kappa shape index (κ1) is 19.2. The number of methoxy groups -OCH3 is 2. The van der Waals surface area contributed by atoms with Gasteiger partial charge in [-0.2, -0.15) is 5.10 Å². The highest BCUT2D eigenvalue weighted by Gasteiger charge is 2.30. The van der Waals surface area contributed by atoms with Gasteiger partial charge in [0.1, 0.15) is 22.9 Å². The summed E-state index contributed by atoms with van der Waals surface area (Å²) in [4.78, 5) is 13.2. The fourth-order valence-corrected chi connectivity index (χ4v) is 4.74. The molecule has 0 radical (unpaired) electrons. The Labute approximate surface area is 171 Å². The van der Waals surface area contributed by atoms with Crippen molar-refractivity contribution in [2.45, 2.75) is 18.4 Å². The summed E-state index contributed by atoms with van der Waals surface area (Å²) in [7, 11) is 1.99. The molecule has 0 spiro atoms. The highest BCUT2D eigenvalue weighted by atomic mass is 32.2. The van der Waals surface area contributed by atoms with Crippen molar-refractivity contribution < 1.29 is 18.5 Å². The zero-order valence-corrected chi connectivity index (χ0v) is 17.2. The minimum Gasteiger partial charge on any atom is -0.496 e. The van der Waals surface area contributed by atoms with E-state index in [4.69, 9.17) is 9.47 Å². The molecule has 1 N–H and O–H groups in total. The number of anilines is 1. The van der Waals surface area contributed by atoms with Crippen molar-refractivity contribution in [1.29, 1.82) is 0 Å². The van der Waals surface area contributed by atoms with Crippen molar-refractivity contribution in [3.05, 3.63) is 64.8 Å². The van der Waals surface area contributed by atoms with Crippen LogP contribution in [0, 0.1) is 6.92 Å². The number of amides is 1. The molecule has 150 valence electrons. The lowest BCUT2D eigenvalue weighted by molar-refractivity contribution is 0.102. The number of para-hydroxylation sites is 1. The molecule has 0 saturated carbocycles. The number of carbonyl (C=O) groups excluding carboxylic acids is 1. The average Bonchev–Trinajstić information content (AvgIpc) is 3.24. The summed E-state index contributed by atoms with van der Waals surface area (Å²) in [6.45, 7) is 1.98. The molecule has 29 heavy (non-hydrogen) atoms. The van der Waals surface area contributed by atoms with E-state index in [2.05, 4.69) is 10.4 Å². The van der Waals surface area contributed by atoms with E-state index in [0.717, 1.165) is 22.5 Å². The minimum atomic E-state index is -1.02. The van der Waals surface area contributed by atoms with Crippen molar-refractivity contribution in [3.63, 3.8) is 0 Å². The van der Waals surface area contributed by atoms with E-state index in [0.29, 0.717) is 34.4 Å². The maximum atomic E-state index is 13.2. The van der Waals surface area contributed by atoms with Crippen LogP contribution in [-0.2, 0) is 22.3 Å². The molecular formula is C21H21N3O4S. The second-order valence-corrected chi connectivity index (χ2v) is 8.15. The lowest BCUT2D eigenvalue weighted by atomic mass is 10.1. The van der Waals surface area contributed by atoms with Crippen LogP contribution in [0.4, 0.5) is 5.82 Å². The summed E-state index contributed by atoms with van der Waals surface area (Å²) >= 11 is 0. The van der Waals surface area contributed by atoms with Crippen molar-refractivity contribution in [1.82, 2.24) is 9.78 Å². The molecule has 0 aliphatic carbocycles. The molecule has 1 aliphatic heterocycles. The fraction of sp³-hybridized carbons (Fsp3) is 0.238. The topological polar surface area (TPSA) is 82.4 Å². The molecule has 3 aromatic rings. The van der Waals surface area contributed by atoms with Gasteiger partial charge in [-0.1, -0.05) is 24.3 Å². The molecular weight excluding hydrogens is 390 g/mol. The van der Waals surface area contributed by atoms with Gasteiger partial charge in [0, 0.05) is 16.4 Å². The van der Waals surface area contributed by atoms with E-state index >= 15 is 0 Å². The van der Waals surface area contributed by atoms with E-state index < -0.39 is 10.8 Å². The van der Waals surface area contributed by atoms with E-state index in [9.17, 15) is 9.00 Å². The van der Waals surface area contributed by atoms with Crippen LogP contribution >= 0.6 is 0 Å². The van der Waals surface area contributed by atoms with Crippen molar-refractivity contribution in [2.75, 3.05) is 19.5 Å². The van der Waals surface area contributed by atoms with Crippen LogP contribution in [0.1, 0.15) is 27.2 Å². The Balaban J connectivity index is 1.81. The molecule has 2 aromatic carbocycles. The van der Waals surface area contributed by atoms with Crippen LogP contribution in [0.3, 0.4) is 0 Å². The summed E-state index contributed by atoms with van der Waals surface area (Å²) in [6, 6.07) is 13.0. The Hall–Kier alpha value is -3.13. The Morgan fingerprint density at radius 3 is 2.41 bits per heavy atom. The molecule has 0 unspecified atom stereocenters. The highest BCUT2D eigenvalue weighted by Crippen LogP contribution is 2.34. The van der Waals surface area contributed by atoms with Crippen LogP contribution in [-0.4, -0.2) is 34.1 Å². The number of hydrogen-bond acceptors (Lipinski definition) is 5. The predicted octanol–water partition coefficient (Wildman–Crippen LogP) is 3.21. The lowest BCUT2D eigenvalue weighted by Gasteiger charge is -2.15. The Kier molecular flexibility index (Phi) is 5.10. The zero-order valence-electron chi connectivity index (χ0n) is 16.4. The molecule has 8 heteroatoms.